The first-order valence-corrected chi connectivity index (χ1v) is 9.27. The van der Waals surface area contributed by atoms with Gasteiger partial charge in [0.1, 0.15) is 11.5 Å². The van der Waals surface area contributed by atoms with E-state index in [1.54, 1.807) is 25.1 Å². The van der Waals surface area contributed by atoms with Crippen molar-refractivity contribution >= 4 is 23.4 Å². The number of carbonyl (C=O) groups excluding carboxylic acids is 1. The third-order valence-corrected chi connectivity index (χ3v) is 4.87. The third-order valence-electron chi connectivity index (χ3n) is 3.78. The summed E-state index contributed by atoms with van der Waals surface area (Å²) >= 11 is 1.57. The van der Waals surface area contributed by atoms with Crippen LogP contribution in [-0.4, -0.2) is 29.2 Å². The van der Waals surface area contributed by atoms with Crippen LogP contribution in [0, 0.1) is 0 Å². The molecule has 7 heteroatoms. The molecule has 0 aliphatic carbocycles. The molecular weight excluding hydrogens is 362 g/mol. The van der Waals surface area contributed by atoms with Crippen molar-refractivity contribution in [1.82, 2.24) is 9.55 Å². The molecule has 1 aromatic heterocycles. The fraction of sp³-hybridized carbons (Fsp3) is 0.200. The number of amides is 1. The van der Waals surface area contributed by atoms with Crippen molar-refractivity contribution in [2.24, 2.45) is 7.05 Å². The SMILES string of the molecule is COc1ccc(OCCC(=O)Nc2ccc(Sc3nccn3C)cc2)cc1. The van der Waals surface area contributed by atoms with E-state index in [-0.39, 0.29) is 12.3 Å². The number of hydrogen-bond acceptors (Lipinski definition) is 5. The van der Waals surface area contributed by atoms with E-state index in [9.17, 15) is 4.79 Å². The second-order valence-electron chi connectivity index (χ2n) is 5.77. The van der Waals surface area contributed by atoms with Gasteiger partial charge in [0.15, 0.2) is 5.16 Å². The van der Waals surface area contributed by atoms with Crippen LogP contribution in [0.2, 0.25) is 0 Å². The van der Waals surface area contributed by atoms with Crippen LogP contribution >= 0.6 is 11.8 Å². The number of nitrogens with zero attached hydrogens (tertiary/aromatic N) is 2. The molecule has 0 saturated carbocycles. The summed E-state index contributed by atoms with van der Waals surface area (Å²) in [5.41, 5.74) is 0.758. The van der Waals surface area contributed by atoms with Crippen molar-refractivity contribution < 1.29 is 14.3 Å². The Hall–Kier alpha value is -2.93. The molecular formula is C20H21N3O3S. The Kier molecular flexibility index (Phi) is 6.38. The van der Waals surface area contributed by atoms with E-state index in [2.05, 4.69) is 10.3 Å². The molecule has 0 unspecified atom stereocenters. The second-order valence-corrected chi connectivity index (χ2v) is 6.81. The number of rotatable bonds is 8. The maximum absolute atomic E-state index is 12.1. The Morgan fingerprint density at radius 2 is 1.81 bits per heavy atom. The van der Waals surface area contributed by atoms with Crippen molar-refractivity contribution in [1.29, 1.82) is 0 Å². The van der Waals surface area contributed by atoms with Crippen LogP contribution in [0.1, 0.15) is 6.42 Å². The quantitative estimate of drug-likeness (QED) is 0.637. The normalized spacial score (nSPS) is 10.4. The summed E-state index contributed by atoms with van der Waals surface area (Å²) in [5.74, 6) is 1.39. The van der Waals surface area contributed by atoms with Crippen molar-refractivity contribution in [3.05, 3.63) is 60.9 Å². The van der Waals surface area contributed by atoms with Crippen LogP contribution in [-0.2, 0) is 11.8 Å². The summed E-state index contributed by atoms with van der Waals surface area (Å²) in [4.78, 5) is 17.4. The number of ether oxygens (including phenoxy) is 2. The van der Waals surface area contributed by atoms with Gasteiger partial charge in [-0.25, -0.2) is 4.98 Å². The summed E-state index contributed by atoms with van der Waals surface area (Å²) in [6, 6.07) is 15.0. The van der Waals surface area contributed by atoms with E-state index in [1.165, 1.54) is 0 Å². The molecule has 27 heavy (non-hydrogen) atoms. The number of aromatic nitrogens is 2. The molecule has 1 N–H and O–H groups in total. The molecule has 0 fully saturated rings. The number of benzene rings is 2. The van der Waals surface area contributed by atoms with Crippen LogP contribution in [0.4, 0.5) is 5.69 Å². The third kappa shape index (κ3) is 5.52. The predicted molar refractivity (Wildman–Crippen MR) is 106 cm³/mol. The van der Waals surface area contributed by atoms with Gasteiger partial charge in [0.25, 0.3) is 0 Å². The lowest BCUT2D eigenvalue weighted by Gasteiger charge is -2.08. The number of methoxy groups -OCH3 is 1. The summed E-state index contributed by atoms with van der Waals surface area (Å²) < 4.78 is 12.6. The first-order valence-electron chi connectivity index (χ1n) is 8.46. The Labute approximate surface area is 162 Å². The van der Waals surface area contributed by atoms with Crippen LogP contribution in [0.15, 0.2) is 71.0 Å². The van der Waals surface area contributed by atoms with Gasteiger partial charge in [0.05, 0.1) is 20.1 Å². The van der Waals surface area contributed by atoms with Crippen molar-refractivity contribution in [3.8, 4) is 11.5 Å². The van der Waals surface area contributed by atoms with Crippen molar-refractivity contribution in [2.45, 2.75) is 16.5 Å². The fourth-order valence-electron chi connectivity index (χ4n) is 2.32. The van der Waals surface area contributed by atoms with Crippen LogP contribution in [0.25, 0.3) is 0 Å². The van der Waals surface area contributed by atoms with E-state index in [0.29, 0.717) is 12.4 Å². The molecule has 0 atom stereocenters. The van der Waals surface area contributed by atoms with Gasteiger partial charge in [-0.3, -0.25) is 4.79 Å². The van der Waals surface area contributed by atoms with Gasteiger partial charge in [-0.05, 0) is 48.5 Å². The molecule has 1 heterocycles. The minimum atomic E-state index is -0.0898. The molecule has 0 bridgehead atoms. The van der Waals surface area contributed by atoms with Gasteiger partial charge in [-0.15, -0.1) is 0 Å². The lowest BCUT2D eigenvalue weighted by Crippen LogP contribution is -2.15. The lowest BCUT2D eigenvalue weighted by atomic mass is 10.3. The van der Waals surface area contributed by atoms with Crippen LogP contribution in [0.3, 0.4) is 0 Å². The smallest absolute Gasteiger partial charge is 0.227 e. The highest BCUT2D eigenvalue weighted by Crippen LogP contribution is 2.26. The zero-order valence-electron chi connectivity index (χ0n) is 15.2. The molecule has 0 saturated heterocycles. The zero-order chi connectivity index (χ0) is 19.1. The van der Waals surface area contributed by atoms with E-state index in [1.807, 2.05) is 66.3 Å². The molecule has 3 rings (SSSR count). The highest BCUT2D eigenvalue weighted by molar-refractivity contribution is 7.99. The largest absolute Gasteiger partial charge is 0.497 e. The minimum absolute atomic E-state index is 0.0898. The molecule has 0 spiro atoms. The average Bonchev–Trinajstić information content (AvgIpc) is 3.08. The predicted octanol–water partition coefficient (Wildman–Crippen LogP) is 3.99. The van der Waals surface area contributed by atoms with E-state index in [4.69, 9.17) is 9.47 Å². The van der Waals surface area contributed by atoms with E-state index < -0.39 is 0 Å². The first-order chi connectivity index (χ1) is 13.1. The maximum atomic E-state index is 12.1. The maximum Gasteiger partial charge on any atom is 0.227 e. The minimum Gasteiger partial charge on any atom is -0.497 e. The topological polar surface area (TPSA) is 65.4 Å². The van der Waals surface area contributed by atoms with Gasteiger partial charge in [0.2, 0.25) is 5.91 Å². The van der Waals surface area contributed by atoms with Crippen LogP contribution < -0.4 is 14.8 Å². The van der Waals surface area contributed by atoms with Crippen molar-refractivity contribution in [3.63, 3.8) is 0 Å². The number of imidazole rings is 1. The molecule has 6 nitrogen and oxygen atoms in total. The average molecular weight is 383 g/mol. The Balaban J connectivity index is 1.44. The number of carbonyl (C=O) groups is 1. The number of anilines is 1. The molecule has 2 aromatic carbocycles. The summed E-state index contributed by atoms with van der Waals surface area (Å²) in [7, 11) is 3.57. The standard InChI is InChI=1S/C20H21N3O3S/c1-23-13-12-21-20(23)27-18-9-3-15(4-10-18)22-19(24)11-14-26-17-7-5-16(25-2)6-8-17/h3-10,12-13H,11,14H2,1-2H3,(H,22,24). The molecule has 0 aliphatic rings. The second kappa shape index (κ2) is 9.14. The van der Waals surface area contributed by atoms with Gasteiger partial charge in [-0.2, -0.15) is 0 Å². The summed E-state index contributed by atoms with van der Waals surface area (Å²) in [6.45, 7) is 0.311. The molecule has 140 valence electrons. The number of aryl methyl sites for hydroxylation is 1. The van der Waals surface area contributed by atoms with Gasteiger partial charge < -0.3 is 19.4 Å². The lowest BCUT2D eigenvalue weighted by molar-refractivity contribution is -0.116. The van der Waals surface area contributed by atoms with Gasteiger partial charge in [-0.1, -0.05) is 11.8 Å². The van der Waals surface area contributed by atoms with E-state index in [0.717, 1.165) is 21.5 Å². The Morgan fingerprint density at radius 3 is 2.44 bits per heavy atom. The van der Waals surface area contributed by atoms with E-state index >= 15 is 0 Å². The van der Waals surface area contributed by atoms with Crippen LogP contribution in [0.5, 0.6) is 11.5 Å². The summed E-state index contributed by atoms with van der Waals surface area (Å²) in [5, 5.41) is 3.79. The molecule has 3 aromatic rings. The Morgan fingerprint density at radius 1 is 1.11 bits per heavy atom. The monoisotopic (exact) mass is 383 g/mol. The fourth-order valence-corrected chi connectivity index (χ4v) is 3.12. The van der Waals surface area contributed by atoms with Gasteiger partial charge in [0, 0.05) is 30.0 Å². The zero-order valence-corrected chi connectivity index (χ0v) is 16.0. The first kappa shape index (κ1) is 18.8. The molecule has 0 radical (unpaired) electrons. The van der Waals surface area contributed by atoms with Crippen molar-refractivity contribution in [2.75, 3.05) is 19.0 Å². The highest BCUT2D eigenvalue weighted by atomic mass is 32.2. The summed E-state index contributed by atoms with van der Waals surface area (Å²) in [6.07, 6.45) is 3.95. The number of hydrogen-bond donors (Lipinski definition) is 1. The van der Waals surface area contributed by atoms with Gasteiger partial charge >= 0.3 is 0 Å². The highest BCUT2D eigenvalue weighted by Gasteiger charge is 2.05. The Bertz CT molecular complexity index is 876. The molecule has 1 amide bonds. The number of nitrogens with one attached hydrogen (secondary N) is 1. The molecule has 0 aliphatic heterocycles.